The lowest BCUT2D eigenvalue weighted by molar-refractivity contribution is -0.124. The molecule has 0 fully saturated rings. The zero-order valence-electron chi connectivity index (χ0n) is 14.7. The molecule has 1 rings (SSSR count). The van der Waals surface area contributed by atoms with Crippen LogP contribution in [0.1, 0.15) is 46.1 Å². The van der Waals surface area contributed by atoms with Crippen LogP contribution < -0.4 is 10.0 Å². The van der Waals surface area contributed by atoms with Crippen molar-refractivity contribution in [1.82, 2.24) is 10.0 Å². The summed E-state index contributed by atoms with van der Waals surface area (Å²) in [6.45, 7) is 7.87. The van der Waals surface area contributed by atoms with Crippen LogP contribution in [0, 0.1) is 0 Å². The highest BCUT2D eigenvalue weighted by molar-refractivity contribution is 7.89. The van der Waals surface area contributed by atoms with Crippen LogP contribution in [0.15, 0.2) is 29.2 Å². The first-order valence-corrected chi connectivity index (χ1v) is 9.37. The number of Topliss-reactive ketones (excluding diaryl/α,β-unsaturated/α-hetero) is 1. The quantitative estimate of drug-likeness (QED) is 0.696. The minimum atomic E-state index is -3.60. The molecular formula is C17H26N2O4S. The van der Waals surface area contributed by atoms with Gasteiger partial charge < -0.3 is 10.1 Å². The fraction of sp³-hybridized carbons (Fsp3) is 0.529. The third-order valence-electron chi connectivity index (χ3n) is 3.47. The number of hydrogen-bond donors (Lipinski definition) is 2. The lowest BCUT2D eigenvalue weighted by atomic mass is 9.87. The van der Waals surface area contributed by atoms with Gasteiger partial charge in [-0.15, -0.1) is 0 Å². The first-order valence-electron chi connectivity index (χ1n) is 7.89. The topological polar surface area (TPSA) is 92.3 Å². The molecule has 1 aromatic carbocycles. The summed E-state index contributed by atoms with van der Waals surface area (Å²) in [7, 11) is -3.60. The van der Waals surface area contributed by atoms with E-state index in [1.54, 1.807) is 24.3 Å². The molecule has 0 aliphatic carbocycles. The predicted octanol–water partition coefficient (Wildman–Crippen LogP) is 1.75. The maximum Gasteiger partial charge on any atom is 0.240 e. The molecule has 1 amide bonds. The fourth-order valence-electron chi connectivity index (χ4n) is 1.98. The average Bonchev–Trinajstić information content (AvgIpc) is 2.49. The summed E-state index contributed by atoms with van der Waals surface area (Å²) in [6.07, 6.45) is 0.314. The number of ketones is 1. The molecule has 6 nitrogen and oxygen atoms in total. The number of rotatable bonds is 8. The van der Waals surface area contributed by atoms with Crippen molar-refractivity contribution in [3.8, 4) is 0 Å². The smallest absolute Gasteiger partial charge is 0.240 e. The highest BCUT2D eigenvalue weighted by Gasteiger charge is 2.17. The summed E-state index contributed by atoms with van der Waals surface area (Å²) in [6, 6.07) is 6.76. The van der Waals surface area contributed by atoms with E-state index in [4.69, 9.17) is 0 Å². The molecule has 0 saturated carbocycles. The van der Waals surface area contributed by atoms with Gasteiger partial charge in [0.2, 0.25) is 15.9 Å². The molecule has 24 heavy (non-hydrogen) atoms. The van der Waals surface area contributed by atoms with Crippen molar-refractivity contribution < 1.29 is 18.0 Å². The second kappa shape index (κ2) is 8.39. The molecule has 0 radical (unpaired) electrons. The normalized spacial score (nSPS) is 12.0. The number of carbonyl (C=O) groups excluding carboxylic acids is 2. The van der Waals surface area contributed by atoms with E-state index in [9.17, 15) is 18.0 Å². The zero-order chi connectivity index (χ0) is 18.4. The number of amides is 1. The predicted molar refractivity (Wildman–Crippen MR) is 93.3 cm³/mol. The van der Waals surface area contributed by atoms with Crippen molar-refractivity contribution in [1.29, 1.82) is 0 Å². The molecule has 134 valence electrons. The molecule has 1 aromatic rings. The van der Waals surface area contributed by atoms with Crippen molar-refractivity contribution in [2.45, 2.75) is 50.8 Å². The number of benzene rings is 1. The summed E-state index contributed by atoms with van der Waals surface area (Å²) in [5.74, 6) is -0.316. The van der Waals surface area contributed by atoms with Crippen molar-refractivity contribution in [2.75, 3.05) is 13.1 Å². The van der Waals surface area contributed by atoms with Crippen LogP contribution in [0.3, 0.4) is 0 Å². The van der Waals surface area contributed by atoms with Gasteiger partial charge in [0, 0.05) is 25.9 Å². The van der Waals surface area contributed by atoms with Gasteiger partial charge in [-0.25, -0.2) is 13.1 Å². The Morgan fingerprint density at radius 1 is 1.00 bits per heavy atom. The molecular weight excluding hydrogens is 328 g/mol. The molecule has 0 unspecified atom stereocenters. The lowest BCUT2D eigenvalue weighted by Gasteiger charge is -2.19. The Morgan fingerprint density at radius 3 is 2.08 bits per heavy atom. The second-order valence-corrected chi connectivity index (χ2v) is 8.49. The Bertz CT molecular complexity index is 674. The summed E-state index contributed by atoms with van der Waals surface area (Å²) < 4.78 is 26.8. The van der Waals surface area contributed by atoms with Crippen molar-refractivity contribution >= 4 is 21.7 Å². The summed E-state index contributed by atoms with van der Waals surface area (Å²) in [5, 5.41) is 2.57. The fourth-order valence-corrected chi connectivity index (χ4v) is 3.01. The van der Waals surface area contributed by atoms with Gasteiger partial charge in [-0.1, -0.05) is 32.9 Å². The summed E-state index contributed by atoms with van der Waals surface area (Å²) >= 11 is 0. The first kappa shape index (κ1) is 20.3. The molecule has 0 saturated heterocycles. The molecule has 0 aliphatic rings. The van der Waals surface area contributed by atoms with E-state index in [2.05, 4.69) is 30.8 Å². The van der Waals surface area contributed by atoms with E-state index in [1.165, 1.54) is 6.92 Å². The van der Waals surface area contributed by atoms with Crippen LogP contribution in [0.5, 0.6) is 0 Å². The Balaban J connectivity index is 2.49. The van der Waals surface area contributed by atoms with Crippen LogP contribution in [-0.2, 0) is 25.0 Å². The maximum atomic E-state index is 12.2. The Labute approximate surface area is 144 Å². The molecule has 0 aromatic heterocycles. The van der Waals surface area contributed by atoms with Crippen LogP contribution in [-0.4, -0.2) is 33.2 Å². The number of sulfonamides is 1. The van der Waals surface area contributed by atoms with Gasteiger partial charge >= 0.3 is 0 Å². The van der Waals surface area contributed by atoms with E-state index in [-0.39, 0.29) is 47.9 Å². The average molecular weight is 354 g/mol. The molecule has 0 aliphatic heterocycles. The highest BCUT2D eigenvalue weighted by atomic mass is 32.2. The third-order valence-corrected chi connectivity index (χ3v) is 4.95. The molecule has 0 atom stereocenters. The van der Waals surface area contributed by atoms with Gasteiger partial charge in [-0.3, -0.25) is 4.79 Å². The van der Waals surface area contributed by atoms with Crippen molar-refractivity contribution in [3.05, 3.63) is 29.8 Å². The third kappa shape index (κ3) is 6.80. The molecule has 0 spiro atoms. The van der Waals surface area contributed by atoms with Crippen LogP contribution in [0.2, 0.25) is 0 Å². The van der Waals surface area contributed by atoms with Gasteiger partial charge in [0.1, 0.15) is 5.78 Å². The molecule has 0 bridgehead atoms. The number of hydrogen-bond acceptors (Lipinski definition) is 4. The summed E-state index contributed by atoms with van der Waals surface area (Å²) in [5.41, 5.74) is 1.01. The SMILES string of the molecule is CC(=O)CCC(=O)NCCNS(=O)(=O)c1ccc(C(C)(C)C)cc1. The minimum Gasteiger partial charge on any atom is -0.355 e. The van der Waals surface area contributed by atoms with E-state index in [0.29, 0.717) is 0 Å². The zero-order valence-corrected chi connectivity index (χ0v) is 15.5. The second-order valence-electron chi connectivity index (χ2n) is 6.72. The standard InChI is InChI=1S/C17H26N2O4S/c1-13(20)5-10-16(21)18-11-12-19-24(22,23)15-8-6-14(7-9-15)17(2,3)4/h6-9,19H,5,10-12H2,1-4H3,(H,18,21). The minimum absolute atomic E-state index is 0.0418. The monoisotopic (exact) mass is 354 g/mol. The Morgan fingerprint density at radius 2 is 1.58 bits per heavy atom. The largest absolute Gasteiger partial charge is 0.355 e. The van der Waals surface area contributed by atoms with Crippen LogP contribution in [0.4, 0.5) is 0 Å². The van der Waals surface area contributed by atoms with Gasteiger partial charge in [-0.05, 0) is 30.0 Å². The Kier molecular flexibility index (Phi) is 7.10. The van der Waals surface area contributed by atoms with Gasteiger partial charge in [-0.2, -0.15) is 0 Å². The molecule has 7 heteroatoms. The maximum absolute atomic E-state index is 12.2. The molecule has 0 heterocycles. The van der Waals surface area contributed by atoms with Gasteiger partial charge in [0.25, 0.3) is 0 Å². The number of nitrogens with one attached hydrogen (secondary N) is 2. The van der Waals surface area contributed by atoms with E-state index in [1.807, 2.05) is 0 Å². The number of carbonyl (C=O) groups is 2. The molecule has 2 N–H and O–H groups in total. The Hall–Kier alpha value is -1.73. The lowest BCUT2D eigenvalue weighted by Crippen LogP contribution is -2.34. The van der Waals surface area contributed by atoms with Gasteiger partial charge in [0.05, 0.1) is 4.90 Å². The van der Waals surface area contributed by atoms with E-state index < -0.39 is 10.0 Å². The van der Waals surface area contributed by atoms with Crippen molar-refractivity contribution in [3.63, 3.8) is 0 Å². The van der Waals surface area contributed by atoms with Crippen LogP contribution in [0.25, 0.3) is 0 Å². The summed E-state index contributed by atoms with van der Waals surface area (Å²) in [4.78, 5) is 22.4. The van der Waals surface area contributed by atoms with Gasteiger partial charge in [0.15, 0.2) is 0 Å². The van der Waals surface area contributed by atoms with E-state index >= 15 is 0 Å². The highest BCUT2D eigenvalue weighted by Crippen LogP contribution is 2.23. The van der Waals surface area contributed by atoms with Crippen LogP contribution >= 0.6 is 0 Å². The van der Waals surface area contributed by atoms with Crippen molar-refractivity contribution in [2.24, 2.45) is 0 Å². The first-order chi connectivity index (χ1) is 11.0. The van der Waals surface area contributed by atoms with E-state index in [0.717, 1.165) is 5.56 Å².